The van der Waals surface area contributed by atoms with E-state index < -0.39 is 0 Å². The molecule has 2 aliphatic carbocycles. The molecule has 18 heavy (non-hydrogen) atoms. The van der Waals surface area contributed by atoms with Crippen LogP contribution >= 0.6 is 0 Å². The molecule has 0 radical (unpaired) electrons. The Morgan fingerprint density at radius 2 is 1.89 bits per heavy atom. The quantitative estimate of drug-likeness (QED) is 0.815. The van der Waals surface area contributed by atoms with Crippen molar-refractivity contribution >= 4 is 0 Å². The molecule has 0 aromatic heterocycles. The molecule has 3 unspecified atom stereocenters. The van der Waals surface area contributed by atoms with E-state index in [-0.39, 0.29) is 5.60 Å². The van der Waals surface area contributed by atoms with Crippen molar-refractivity contribution in [3.63, 3.8) is 0 Å². The molecule has 1 heterocycles. The smallest absolute Gasteiger partial charge is 0.0685 e. The Morgan fingerprint density at radius 3 is 2.44 bits per heavy atom. The molecular formula is C16H29NO. The van der Waals surface area contributed by atoms with Crippen LogP contribution in [-0.4, -0.2) is 18.2 Å². The number of rotatable bonds is 2. The first-order valence-corrected chi connectivity index (χ1v) is 7.92. The molecule has 3 atom stereocenters. The van der Waals surface area contributed by atoms with Gasteiger partial charge in [0.05, 0.1) is 5.60 Å². The van der Waals surface area contributed by atoms with Gasteiger partial charge in [0.15, 0.2) is 0 Å². The van der Waals surface area contributed by atoms with Crippen molar-refractivity contribution in [2.75, 3.05) is 6.61 Å². The summed E-state index contributed by atoms with van der Waals surface area (Å²) in [6.07, 6.45) is 10.4. The maximum atomic E-state index is 6.67. The second-order valence-corrected chi connectivity index (χ2v) is 7.70. The molecule has 1 aliphatic heterocycles. The van der Waals surface area contributed by atoms with E-state index >= 15 is 0 Å². The lowest BCUT2D eigenvalue weighted by Crippen LogP contribution is -2.52. The largest absolute Gasteiger partial charge is 0.375 e. The van der Waals surface area contributed by atoms with Gasteiger partial charge in [0.25, 0.3) is 0 Å². The van der Waals surface area contributed by atoms with E-state index in [1.165, 1.54) is 51.4 Å². The molecule has 3 aliphatic rings. The fourth-order valence-corrected chi connectivity index (χ4v) is 4.71. The summed E-state index contributed by atoms with van der Waals surface area (Å²) in [6, 6.07) is 0.406. The van der Waals surface area contributed by atoms with Gasteiger partial charge in [-0.1, -0.05) is 20.3 Å². The third-order valence-electron chi connectivity index (χ3n) is 6.14. The molecule has 2 heteroatoms. The number of hydrogen-bond acceptors (Lipinski definition) is 2. The minimum atomic E-state index is 0.253. The van der Waals surface area contributed by atoms with Gasteiger partial charge in [-0.2, -0.15) is 0 Å². The van der Waals surface area contributed by atoms with Gasteiger partial charge in [-0.05, 0) is 62.2 Å². The molecular weight excluding hydrogens is 222 g/mol. The zero-order chi connectivity index (χ0) is 12.8. The monoisotopic (exact) mass is 251 g/mol. The van der Waals surface area contributed by atoms with Crippen molar-refractivity contribution in [1.82, 2.24) is 0 Å². The van der Waals surface area contributed by atoms with Crippen molar-refractivity contribution < 1.29 is 4.74 Å². The Bertz CT molecular complexity index is 308. The zero-order valence-electron chi connectivity index (χ0n) is 12.1. The Balaban J connectivity index is 1.66. The highest BCUT2D eigenvalue weighted by Crippen LogP contribution is 2.50. The zero-order valence-corrected chi connectivity index (χ0v) is 12.1. The van der Waals surface area contributed by atoms with Gasteiger partial charge in [0, 0.05) is 12.6 Å². The summed E-state index contributed by atoms with van der Waals surface area (Å²) in [7, 11) is 0. The average molecular weight is 251 g/mol. The molecule has 104 valence electrons. The number of ether oxygens (including phenoxy) is 1. The highest BCUT2D eigenvalue weighted by Gasteiger charge is 2.47. The van der Waals surface area contributed by atoms with Crippen molar-refractivity contribution in [2.24, 2.45) is 23.0 Å². The van der Waals surface area contributed by atoms with Crippen molar-refractivity contribution in [3.8, 4) is 0 Å². The van der Waals surface area contributed by atoms with Crippen molar-refractivity contribution in [1.29, 1.82) is 0 Å². The fourth-order valence-electron chi connectivity index (χ4n) is 4.71. The SMILES string of the molecule is CC1(C)CCCC1C(N)C1CCOC2(CCC2)C1. The lowest BCUT2D eigenvalue weighted by atomic mass is 9.66. The normalized spacial score (nSPS) is 39.5. The molecule has 0 amide bonds. The van der Waals surface area contributed by atoms with Crippen LogP contribution in [-0.2, 0) is 4.74 Å². The predicted molar refractivity (Wildman–Crippen MR) is 74.4 cm³/mol. The molecule has 2 nitrogen and oxygen atoms in total. The van der Waals surface area contributed by atoms with E-state index in [0.717, 1.165) is 12.5 Å². The lowest BCUT2D eigenvalue weighted by Gasteiger charge is -2.50. The van der Waals surface area contributed by atoms with Gasteiger partial charge < -0.3 is 10.5 Å². The van der Waals surface area contributed by atoms with Crippen LogP contribution in [0.3, 0.4) is 0 Å². The van der Waals surface area contributed by atoms with E-state index in [9.17, 15) is 0 Å². The Kier molecular flexibility index (Phi) is 3.22. The summed E-state index contributed by atoms with van der Waals surface area (Å²) in [5.41, 5.74) is 7.39. The average Bonchev–Trinajstić information content (AvgIpc) is 2.66. The Labute approximate surface area is 112 Å². The van der Waals surface area contributed by atoms with Crippen LogP contribution in [0.4, 0.5) is 0 Å². The van der Waals surface area contributed by atoms with Gasteiger partial charge in [-0.25, -0.2) is 0 Å². The molecule has 1 saturated heterocycles. The molecule has 3 fully saturated rings. The first-order valence-electron chi connectivity index (χ1n) is 7.92. The third-order valence-corrected chi connectivity index (χ3v) is 6.14. The molecule has 0 aromatic rings. The first-order chi connectivity index (χ1) is 8.53. The van der Waals surface area contributed by atoms with E-state index in [1.807, 2.05) is 0 Å². The predicted octanol–water partition coefficient (Wildman–Crippen LogP) is 3.49. The van der Waals surface area contributed by atoms with Crippen molar-refractivity contribution in [2.45, 2.75) is 76.9 Å². The van der Waals surface area contributed by atoms with Gasteiger partial charge in [0.2, 0.25) is 0 Å². The second kappa shape index (κ2) is 4.49. The van der Waals surface area contributed by atoms with Crippen LogP contribution in [0.25, 0.3) is 0 Å². The summed E-state index contributed by atoms with van der Waals surface area (Å²) in [4.78, 5) is 0. The molecule has 0 aromatic carbocycles. The van der Waals surface area contributed by atoms with Crippen LogP contribution in [0.1, 0.15) is 65.2 Å². The first kappa shape index (κ1) is 12.9. The topological polar surface area (TPSA) is 35.2 Å². The lowest BCUT2D eigenvalue weighted by molar-refractivity contribution is -0.148. The number of hydrogen-bond donors (Lipinski definition) is 1. The summed E-state index contributed by atoms with van der Waals surface area (Å²) >= 11 is 0. The highest BCUT2D eigenvalue weighted by molar-refractivity contribution is 5.00. The number of nitrogens with two attached hydrogens (primary N) is 1. The van der Waals surface area contributed by atoms with Crippen LogP contribution in [0, 0.1) is 17.3 Å². The summed E-state index contributed by atoms with van der Waals surface area (Å²) < 4.78 is 6.04. The van der Waals surface area contributed by atoms with Gasteiger partial charge >= 0.3 is 0 Å². The van der Waals surface area contributed by atoms with Gasteiger partial charge in [-0.15, -0.1) is 0 Å². The van der Waals surface area contributed by atoms with Crippen LogP contribution in [0.5, 0.6) is 0 Å². The highest BCUT2D eigenvalue weighted by atomic mass is 16.5. The van der Waals surface area contributed by atoms with Gasteiger partial charge in [0.1, 0.15) is 0 Å². The summed E-state index contributed by atoms with van der Waals surface area (Å²) in [5, 5.41) is 0. The maximum absolute atomic E-state index is 6.67. The van der Waals surface area contributed by atoms with E-state index in [0.29, 0.717) is 17.4 Å². The molecule has 2 saturated carbocycles. The summed E-state index contributed by atoms with van der Waals surface area (Å²) in [5.74, 6) is 1.44. The standard InChI is InChI=1S/C16H29NO/c1-15(2)7-3-5-13(15)14(17)12-6-10-18-16(11-12)8-4-9-16/h12-14H,3-11,17H2,1-2H3. The van der Waals surface area contributed by atoms with Crippen LogP contribution < -0.4 is 5.73 Å². The van der Waals surface area contributed by atoms with Gasteiger partial charge in [-0.3, -0.25) is 0 Å². The Morgan fingerprint density at radius 1 is 1.11 bits per heavy atom. The second-order valence-electron chi connectivity index (χ2n) is 7.70. The van der Waals surface area contributed by atoms with E-state index in [4.69, 9.17) is 10.5 Å². The molecule has 0 bridgehead atoms. The molecule has 3 rings (SSSR count). The fraction of sp³-hybridized carbons (Fsp3) is 1.00. The third kappa shape index (κ3) is 2.12. The van der Waals surface area contributed by atoms with Crippen LogP contribution in [0.2, 0.25) is 0 Å². The van der Waals surface area contributed by atoms with E-state index in [2.05, 4.69) is 13.8 Å². The van der Waals surface area contributed by atoms with Crippen LogP contribution in [0.15, 0.2) is 0 Å². The molecule has 2 N–H and O–H groups in total. The minimum absolute atomic E-state index is 0.253. The summed E-state index contributed by atoms with van der Waals surface area (Å²) in [6.45, 7) is 5.79. The van der Waals surface area contributed by atoms with E-state index in [1.54, 1.807) is 0 Å². The maximum Gasteiger partial charge on any atom is 0.0685 e. The minimum Gasteiger partial charge on any atom is -0.375 e. The van der Waals surface area contributed by atoms with Crippen molar-refractivity contribution in [3.05, 3.63) is 0 Å². The Hall–Kier alpha value is -0.0800. The molecule has 1 spiro atoms.